The topological polar surface area (TPSA) is 37.6 Å². The number of hydrogen-bond donors (Lipinski definition) is 0. The lowest BCUT2D eigenvalue weighted by Crippen LogP contribution is -2.21. The van der Waals surface area contributed by atoms with Gasteiger partial charge in [-0.25, -0.2) is 4.98 Å². The second-order valence-electron chi connectivity index (χ2n) is 5.49. The van der Waals surface area contributed by atoms with E-state index < -0.39 is 0 Å². The monoisotopic (exact) mass is 367 g/mol. The molecule has 7 heteroatoms. The molecule has 2 aromatic heterocycles. The van der Waals surface area contributed by atoms with E-state index in [2.05, 4.69) is 9.88 Å². The number of hydrogen-bond acceptors (Lipinski definition) is 4. The third kappa shape index (κ3) is 3.58. The summed E-state index contributed by atoms with van der Waals surface area (Å²) in [6.07, 6.45) is 0. The predicted molar refractivity (Wildman–Crippen MR) is 95.7 cm³/mol. The van der Waals surface area contributed by atoms with Crippen molar-refractivity contribution in [2.75, 3.05) is 7.05 Å². The van der Waals surface area contributed by atoms with Crippen LogP contribution in [0.25, 0.3) is 4.96 Å². The van der Waals surface area contributed by atoms with Gasteiger partial charge in [0, 0.05) is 40.3 Å². The van der Waals surface area contributed by atoms with Gasteiger partial charge in [0.1, 0.15) is 0 Å². The average molecular weight is 368 g/mol. The Kier molecular flexibility index (Phi) is 4.73. The number of halogens is 2. The minimum atomic E-state index is -0.0401. The van der Waals surface area contributed by atoms with Crippen molar-refractivity contribution < 1.29 is 0 Å². The maximum absolute atomic E-state index is 12.2. The number of thiazole rings is 1. The molecule has 3 aromatic rings. The molecule has 0 radical (unpaired) electrons. The zero-order chi connectivity index (χ0) is 16.6. The van der Waals surface area contributed by atoms with E-state index >= 15 is 0 Å². The van der Waals surface area contributed by atoms with E-state index in [1.54, 1.807) is 16.5 Å². The first-order valence-corrected chi connectivity index (χ1v) is 8.67. The molecule has 0 bridgehead atoms. The van der Waals surface area contributed by atoms with Gasteiger partial charge < -0.3 is 0 Å². The maximum Gasteiger partial charge on any atom is 0.259 e. The molecule has 0 aliphatic rings. The normalized spacial score (nSPS) is 11.5. The largest absolute Gasteiger partial charge is 0.296 e. The Morgan fingerprint density at radius 1 is 1.26 bits per heavy atom. The van der Waals surface area contributed by atoms with E-state index in [1.807, 2.05) is 31.5 Å². The van der Waals surface area contributed by atoms with Gasteiger partial charge in [-0.15, -0.1) is 11.3 Å². The van der Waals surface area contributed by atoms with Crippen LogP contribution in [0, 0.1) is 6.92 Å². The molecule has 0 aliphatic carbocycles. The van der Waals surface area contributed by atoms with Crippen LogP contribution in [0.5, 0.6) is 0 Å². The number of benzene rings is 1. The summed E-state index contributed by atoms with van der Waals surface area (Å²) in [4.78, 5) is 19.5. The van der Waals surface area contributed by atoms with Crippen molar-refractivity contribution in [2.45, 2.75) is 20.0 Å². The van der Waals surface area contributed by atoms with E-state index in [1.165, 1.54) is 11.3 Å². The van der Waals surface area contributed by atoms with Crippen molar-refractivity contribution in [3.63, 3.8) is 0 Å². The van der Waals surface area contributed by atoms with Crippen molar-refractivity contribution in [3.05, 3.63) is 67.0 Å². The Bertz CT molecular complexity index is 919. The average Bonchev–Trinajstić information content (AvgIpc) is 2.84. The SMILES string of the molecule is Cc1csc2nc(CN(C)Cc3ccc(Cl)cc3Cl)cc(=O)n12. The molecule has 0 aliphatic heterocycles. The molecule has 0 amide bonds. The molecule has 0 N–H and O–H groups in total. The standard InChI is InChI=1S/C16H15Cl2N3OS/c1-10-9-23-16-19-13(6-15(22)21(10)16)8-20(2)7-11-3-4-12(17)5-14(11)18/h3-6,9H,7-8H2,1-2H3. The second-order valence-corrected chi connectivity index (χ2v) is 7.17. The summed E-state index contributed by atoms with van der Waals surface area (Å²) in [5.41, 5.74) is 2.62. The first kappa shape index (κ1) is 16.5. The molecule has 0 saturated heterocycles. The van der Waals surface area contributed by atoms with Crippen molar-refractivity contribution >= 4 is 39.5 Å². The molecule has 0 spiro atoms. The van der Waals surface area contributed by atoms with Gasteiger partial charge in [-0.3, -0.25) is 14.1 Å². The summed E-state index contributed by atoms with van der Waals surface area (Å²) in [5, 5.41) is 3.20. The molecule has 23 heavy (non-hydrogen) atoms. The first-order valence-electron chi connectivity index (χ1n) is 7.03. The van der Waals surface area contributed by atoms with Crippen LogP contribution in [0.3, 0.4) is 0 Å². The van der Waals surface area contributed by atoms with E-state index in [0.717, 1.165) is 21.9 Å². The molecule has 1 aromatic carbocycles. The summed E-state index contributed by atoms with van der Waals surface area (Å²) in [6, 6.07) is 7.06. The number of fused-ring (bicyclic) bond motifs is 1. The summed E-state index contributed by atoms with van der Waals surface area (Å²) < 4.78 is 1.63. The highest BCUT2D eigenvalue weighted by atomic mass is 35.5. The zero-order valence-electron chi connectivity index (χ0n) is 12.7. The van der Waals surface area contributed by atoms with Gasteiger partial charge in [-0.1, -0.05) is 29.3 Å². The Morgan fingerprint density at radius 2 is 2.04 bits per heavy atom. The lowest BCUT2D eigenvalue weighted by atomic mass is 10.2. The van der Waals surface area contributed by atoms with Crippen LogP contribution in [-0.2, 0) is 13.1 Å². The number of aryl methyl sites for hydroxylation is 1. The molecular weight excluding hydrogens is 353 g/mol. The number of rotatable bonds is 4. The van der Waals surface area contributed by atoms with Crippen LogP contribution in [0.4, 0.5) is 0 Å². The molecule has 0 fully saturated rings. The Balaban J connectivity index is 1.80. The summed E-state index contributed by atoms with van der Waals surface area (Å²) >= 11 is 13.6. The Morgan fingerprint density at radius 3 is 2.78 bits per heavy atom. The lowest BCUT2D eigenvalue weighted by Gasteiger charge is -2.17. The van der Waals surface area contributed by atoms with Crippen LogP contribution in [0.2, 0.25) is 10.0 Å². The maximum atomic E-state index is 12.2. The van der Waals surface area contributed by atoms with Gasteiger partial charge in [-0.2, -0.15) is 0 Å². The fourth-order valence-electron chi connectivity index (χ4n) is 2.46. The third-order valence-electron chi connectivity index (χ3n) is 3.52. The van der Waals surface area contributed by atoms with Crippen LogP contribution in [0.1, 0.15) is 17.0 Å². The molecule has 120 valence electrons. The van der Waals surface area contributed by atoms with Gasteiger partial charge in [-0.05, 0) is 31.7 Å². The quantitative estimate of drug-likeness (QED) is 0.699. The van der Waals surface area contributed by atoms with Gasteiger partial charge in [0.15, 0.2) is 4.96 Å². The smallest absolute Gasteiger partial charge is 0.259 e. The van der Waals surface area contributed by atoms with Crippen molar-refractivity contribution in [2.24, 2.45) is 0 Å². The predicted octanol–water partition coefficient (Wildman–Crippen LogP) is 4.00. The first-order chi connectivity index (χ1) is 10.9. The molecule has 0 unspecified atom stereocenters. The molecule has 0 saturated carbocycles. The molecular formula is C16H15Cl2N3OS. The van der Waals surface area contributed by atoms with Crippen LogP contribution >= 0.6 is 34.5 Å². The fraction of sp³-hybridized carbons (Fsp3) is 0.250. The fourth-order valence-corrected chi connectivity index (χ4v) is 3.81. The van der Waals surface area contributed by atoms with E-state index in [4.69, 9.17) is 23.2 Å². The van der Waals surface area contributed by atoms with Crippen molar-refractivity contribution in [1.29, 1.82) is 0 Å². The van der Waals surface area contributed by atoms with Gasteiger partial charge in [0.05, 0.1) is 5.69 Å². The number of nitrogens with zero attached hydrogens (tertiary/aromatic N) is 3. The number of aromatic nitrogens is 2. The summed E-state index contributed by atoms with van der Waals surface area (Å²) in [5.74, 6) is 0. The van der Waals surface area contributed by atoms with Crippen LogP contribution < -0.4 is 5.56 Å². The van der Waals surface area contributed by atoms with E-state index in [-0.39, 0.29) is 5.56 Å². The molecule has 2 heterocycles. The van der Waals surface area contributed by atoms with Crippen LogP contribution in [0.15, 0.2) is 34.4 Å². The van der Waals surface area contributed by atoms with Gasteiger partial charge >= 0.3 is 0 Å². The highest BCUT2D eigenvalue weighted by molar-refractivity contribution is 7.15. The Labute approximate surface area is 147 Å². The molecule has 3 rings (SSSR count). The third-order valence-corrected chi connectivity index (χ3v) is 5.05. The molecule has 4 nitrogen and oxygen atoms in total. The van der Waals surface area contributed by atoms with Crippen molar-refractivity contribution in [1.82, 2.24) is 14.3 Å². The lowest BCUT2D eigenvalue weighted by molar-refractivity contribution is 0.315. The Hall–Kier alpha value is -1.40. The minimum absolute atomic E-state index is 0.0401. The highest BCUT2D eigenvalue weighted by Crippen LogP contribution is 2.22. The summed E-state index contributed by atoms with van der Waals surface area (Å²) in [7, 11) is 1.97. The van der Waals surface area contributed by atoms with Crippen LogP contribution in [-0.4, -0.2) is 21.3 Å². The van der Waals surface area contributed by atoms with Gasteiger partial charge in [0.25, 0.3) is 5.56 Å². The highest BCUT2D eigenvalue weighted by Gasteiger charge is 2.10. The van der Waals surface area contributed by atoms with E-state index in [9.17, 15) is 4.79 Å². The van der Waals surface area contributed by atoms with Gasteiger partial charge in [0.2, 0.25) is 0 Å². The summed E-state index contributed by atoms with van der Waals surface area (Å²) in [6.45, 7) is 3.13. The van der Waals surface area contributed by atoms with Crippen molar-refractivity contribution in [3.8, 4) is 0 Å². The molecule has 0 atom stereocenters. The zero-order valence-corrected chi connectivity index (χ0v) is 15.0. The van der Waals surface area contributed by atoms with E-state index in [0.29, 0.717) is 23.1 Å². The second kappa shape index (κ2) is 6.61. The minimum Gasteiger partial charge on any atom is -0.296 e.